The second-order valence-electron chi connectivity index (χ2n) is 6.17. The Morgan fingerprint density at radius 2 is 2.05 bits per heavy atom. The zero-order valence-corrected chi connectivity index (χ0v) is 12.5. The number of methoxy groups -OCH3 is 1. The van der Waals surface area contributed by atoms with Crippen LogP contribution in [0.2, 0.25) is 0 Å². The highest BCUT2D eigenvalue weighted by Gasteiger charge is 2.37. The van der Waals surface area contributed by atoms with E-state index in [0.29, 0.717) is 13.1 Å². The van der Waals surface area contributed by atoms with Crippen LogP contribution in [0.5, 0.6) is 0 Å². The lowest BCUT2D eigenvalue weighted by atomic mass is 9.79. The molecule has 1 fully saturated rings. The molecule has 0 aromatic heterocycles. The van der Waals surface area contributed by atoms with Gasteiger partial charge in [0.1, 0.15) is 0 Å². The molecule has 110 valence electrons. The van der Waals surface area contributed by atoms with Crippen LogP contribution in [0.3, 0.4) is 0 Å². The van der Waals surface area contributed by atoms with Gasteiger partial charge in [-0.15, -0.1) is 0 Å². The van der Waals surface area contributed by atoms with Crippen molar-refractivity contribution in [3.63, 3.8) is 0 Å². The normalized spacial score (nSPS) is 23.4. The van der Waals surface area contributed by atoms with Crippen LogP contribution in [0.25, 0.3) is 0 Å². The van der Waals surface area contributed by atoms with Gasteiger partial charge in [0.2, 0.25) is 0 Å². The van der Waals surface area contributed by atoms with Crippen molar-refractivity contribution in [3.8, 4) is 0 Å². The summed E-state index contributed by atoms with van der Waals surface area (Å²) in [5, 5.41) is 0. The predicted molar refractivity (Wildman–Crippen MR) is 79.1 cm³/mol. The van der Waals surface area contributed by atoms with E-state index in [0.717, 1.165) is 12.0 Å². The largest absolute Gasteiger partial charge is 0.367 e. The molecule has 2 N–H and O–H groups in total. The average molecular weight is 276 g/mol. The SMILES string of the molecule is COC(C(=O)N1CCC(N)C(C)(C)C1)c1ccccc1. The Balaban J connectivity index is 2.14. The molecule has 0 bridgehead atoms. The Morgan fingerprint density at radius 1 is 1.40 bits per heavy atom. The monoisotopic (exact) mass is 276 g/mol. The Kier molecular flexibility index (Phi) is 4.45. The minimum Gasteiger partial charge on any atom is -0.367 e. The number of carbonyl (C=O) groups excluding carboxylic acids is 1. The number of amides is 1. The zero-order chi connectivity index (χ0) is 14.8. The number of piperidine rings is 1. The molecule has 0 radical (unpaired) electrons. The number of ether oxygens (including phenoxy) is 1. The predicted octanol–water partition coefficient (Wildman–Crippen LogP) is 1.96. The topological polar surface area (TPSA) is 55.6 Å². The Hall–Kier alpha value is -1.39. The summed E-state index contributed by atoms with van der Waals surface area (Å²) < 4.78 is 5.42. The van der Waals surface area contributed by atoms with Crippen LogP contribution in [0.4, 0.5) is 0 Å². The van der Waals surface area contributed by atoms with Gasteiger partial charge in [-0.3, -0.25) is 4.79 Å². The van der Waals surface area contributed by atoms with Crippen LogP contribution in [-0.4, -0.2) is 37.0 Å². The Morgan fingerprint density at radius 3 is 2.60 bits per heavy atom. The summed E-state index contributed by atoms with van der Waals surface area (Å²) in [6.07, 6.45) is 0.311. The summed E-state index contributed by atoms with van der Waals surface area (Å²) in [6.45, 7) is 5.61. The van der Waals surface area contributed by atoms with E-state index in [9.17, 15) is 4.79 Å². The quantitative estimate of drug-likeness (QED) is 0.918. The first-order valence-electron chi connectivity index (χ1n) is 7.08. The lowest BCUT2D eigenvalue weighted by Crippen LogP contribution is -2.54. The molecule has 2 atom stereocenters. The molecule has 1 aliphatic rings. The maximum atomic E-state index is 12.7. The van der Waals surface area contributed by atoms with Crippen molar-refractivity contribution in [2.45, 2.75) is 32.4 Å². The standard InChI is InChI=1S/C16H24N2O2/c1-16(2)11-18(10-9-13(16)17)15(19)14(20-3)12-7-5-4-6-8-12/h4-8,13-14H,9-11,17H2,1-3H3. The zero-order valence-electron chi connectivity index (χ0n) is 12.5. The van der Waals surface area contributed by atoms with E-state index < -0.39 is 6.10 Å². The summed E-state index contributed by atoms with van der Waals surface area (Å²) in [6, 6.07) is 9.77. The van der Waals surface area contributed by atoms with E-state index in [1.165, 1.54) is 0 Å². The maximum absolute atomic E-state index is 12.7. The van der Waals surface area contributed by atoms with Crippen LogP contribution in [0.1, 0.15) is 31.9 Å². The van der Waals surface area contributed by atoms with Crippen molar-refractivity contribution in [2.24, 2.45) is 11.1 Å². The molecule has 1 aliphatic heterocycles. The summed E-state index contributed by atoms with van der Waals surface area (Å²) in [4.78, 5) is 14.6. The van der Waals surface area contributed by atoms with Crippen molar-refractivity contribution in [1.29, 1.82) is 0 Å². The van der Waals surface area contributed by atoms with Crippen molar-refractivity contribution in [2.75, 3.05) is 20.2 Å². The number of hydrogen-bond donors (Lipinski definition) is 1. The van der Waals surface area contributed by atoms with Crippen molar-refractivity contribution in [1.82, 2.24) is 4.90 Å². The van der Waals surface area contributed by atoms with E-state index >= 15 is 0 Å². The second kappa shape index (κ2) is 5.94. The first kappa shape index (κ1) is 15.0. The van der Waals surface area contributed by atoms with Gasteiger partial charge in [0, 0.05) is 26.2 Å². The molecule has 0 aliphatic carbocycles. The molecule has 2 unspecified atom stereocenters. The highest BCUT2D eigenvalue weighted by atomic mass is 16.5. The third-order valence-electron chi connectivity index (χ3n) is 4.19. The van der Waals surface area contributed by atoms with Crippen molar-refractivity contribution < 1.29 is 9.53 Å². The molecule has 1 saturated heterocycles. The van der Waals surface area contributed by atoms with Crippen LogP contribution < -0.4 is 5.73 Å². The highest BCUT2D eigenvalue weighted by molar-refractivity contribution is 5.82. The van der Waals surface area contributed by atoms with E-state index in [2.05, 4.69) is 13.8 Å². The van der Waals surface area contributed by atoms with Gasteiger partial charge >= 0.3 is 0 Å². The number of nitrogens with zero attached hydrogens (tertiary/aromatic N) is 1. The molecule has 1 heterocycles. The first-order valence-corrected chi connectivity index (χ1v) is 7.08. The van der Waals surface area contributed by atoms with Crippen molar-refractivity contribution >= 4 is 5.91 Å². The molecule has 4 nitrogen and oxygen atoms in total. The molecule has 0 saturated carbocycles. The minimum absolute atomic E-state index is 0.0266. The molecule has 4 heteroatoms. The number of benzene rings is 1. The first-order chi connectivity index (χ1) is 9.45. The smallest absolute Gasteiger partial charge is 0.256 e. The molecular formula is C16H24N2O2. The van der Waals surface area contributed by atoms with Crippen LogP contribution in [0.15, 0.2) is 30.3 Å². The second-order valence-corrected chi connectivity index (χ2v) is 6.17. The number of nitrogens with two attached hydrogens (primary N) is 1. The van der Waals surface area contributed by atoms with Gasteiger partial charge in [-0.25, -0.2) is 0 Å². The average Bonchev–Trinajstić information content (AvgIpc) is 2.43. The van der Waals surface area contributed by atoms with Crippen molar-refractivity contribution in [3.05, 3.63) is 35.9 Å². The molecule has 2 rings (SSSR count). The molecule has 0 spiro atoms. The highest BCUT2D eigenvalue weighted by Crippen LogP contribution is 2.30. The van der Waals surface area contributed by atoms with E-state index in [-0.39, 0.29) is 17.4 Å². The summed E-state index contributed by atoms with van der Waals surface area (Å²) >= 11 is 0. The van der Waals surface area contributed by atoms with Gasteiger partial charge in [-0.05, 0) is 17.4 Å². The summed E-state index contributed by atoms with van der Waals surface area (Å²) in [5.74, 6) is 0.0266. The maximum Gasteiger partial charge on any atom is 0.256 e. The van der Waals surface area contributed by atoms with Crippen LogP contribution >= 0.6 is 0 Å². The fourth-order valence-electron chi connectivity index (χ4n) is 2.74. The Bertz CT molecular complexity index is 459. The third-order valence-corrected chi connectivity index (χ3v) is 4.19. The van der Waals surface area contributed by atoms with Gasteiger partial charge in [-0.2, -0.15) is 0 Å². The molecule has 1 aromatic rings. The van der Waals surface area contributed by atoms with Gasteiger partial charge in [-0.1, -0.05) is 44.2 Å². The van der Waals surface area contributed by atoms with Gasteiger partial charge in [0.15, 0.2) is 6.10 Å². The number of hydrogen-bond acceptors (Lipinski definition) is 3. The number of carbonyl (C=O) groups is 1. The Labute approximate surface area is 120 Å². The number of rotatable bonds is 3. The lowest BCUT2D eigenvalue weighted by Gasteiger charge is -2.43. The van der Waals surface area contributed by atoms with E-state index in [1.807, 2.05) is 35.2 Å². The lowest BCUT2D eigenvalue weighted by molar-refractivity contribution is -0.146. The van der Waals surface area contributed by atoms with Gasteiger partial charge in [0.25, 0.3) is 5.91 Å². The molecular weight excluding hydrogens is 252 g/mol. The van der Waals surface area contributed by atoms with Gasteiger partial charge < -0.3 is 15.4 Å². The molecule has 20 heavy (non-hydrogen) atoms. The fourth-order valence-corrected chi connectivity index (χ4v) is 2.74. The van der Waals surface area contributed by atoms with Crippen LogP contribution in [-0.2, 0) is 9.53 Å². The minimum atomic E-state index is -0.527. The molecule has 1 amide bonds. The third kappa shape index (κ3) is 3.02. The summed E-state index contributed by atoms with van der Waals surface area (Å²) in [7, 11) is 1.58. The van der Waals surface area contributed by atoms with E-state index in [1.54, 1.807) is 7.11 Å². The fraction of sp³-hybridized carbons (Fsp3) is 0.562. The van der Waals surface area contributed by atoms with Crippen LogP contribution in [0, 0.1) is 5.41 Å². The summed E-state index contributed by atoms with van der Waals surface area (Å²) in [5.41, 5.74) is 6.97. The van der Waals surface area contributed by atoms with E-state index in [4.69, 9.17) is 10.5 Å². The molecule has 1 aromatic carbocycles. The van der Waals surface area contributed by atoms with Gasteiger partial charge in [0.05, 0.1) is 0 Å². The number of likely N-dealkylation sites (tertiary alicyclic amines) is 1.